The molecule has 7 heteroatoms. The van der Waals surface area contributed by atoms with E-state index in [4.69, 9.17) is 9.47 Å². The number of amides is 1. The monoisotopic (exact) mass is 412 g/mol. The molecule has 0 spiro atoms. The lowest BCUT2D eigenvalue weighted by Crippen LogP contribution is -2.42. The van der Waals surface area contributed by atoms with Gasteiger partial charge < -0.3 is 18.9 Å². The van der Waals surface area contributed by atoms with Gasteiger partial charge in [0.15, 0.2) is 6.61 Å². The first-order valence-corrected chi connectivity index (χ1v) is 10.3. The van der Waals surface area contributed by atoms with Gasteiger partial charge in [0.2, 0.25) is 0 Å². The molecule has 0 N–H and O–H groups in total. The van der Waals surface area contributed by atoms with Crippen molar-refractivity contribution >= 4 is 17.8 Å². The van der Waals surface area contributed by atoms with Crippen molar-refractivity contribution in [3.8, 4) is 5.69 Å². The van der Waals surface area contributed by atoms with Crippen LogP contribution in [0, 0.1) is 19.8 Å². The molecule has 0 aliphatic carbocycles. The Balaban J connectivity index is 1.56. The average molecular weight is 412 g/mol. The minimum absolute atomic E-state index is 0.167. The number of esters is 2. The molecule has 0 radical (unpaired) electrons. The van der Waals surface area contributed by atoms with Crippen LogP contribution in [0.1, 0.15) is 41.5 Å². The van der Waals surface area contributed by atoms with E-state index in [0.29, 0.717) is 38.1 Å². The van der Waals surface area contributed by atoms with Crippen molar-refractivity contribution in [2.24, 2.45) is 5.92 Å². The van der Waals surface area contributed by atoms with Gasteiger partial charge in [0, 0.05) is 30.2 Å². The second kappa shape index (κ2) is 9.61. The molecule has 7 nitrogen and oxygen atoms in total. The first-order valence-electron chi connectivity index (χ1n) is 10.3. The number of hydrogen-bond acceptors (Lipinski definition) is 5. The van der Waals surface area contributed by atoms with E-state index in [1.165, 1.54) is 0 Å². The zero-order valence-corrected chi connectivity index (χ0v) is 17.7. The summed E-state index contributed by atoms with van der Waals surface area (Å²) in [5.74, 6) is -1.13. The highest BCUT2D eigenvalue weighted by molar-refractivity contribution is 5.93. The molecule has 0 saturated carbocycles. The van der Waals surface area contributed by atoms with Crippen LogP contribution >= 0.6 is 0 Å². The van der Waals surface area contributed by atoms with Crippen molar-refractivity contribution < 1.29 is 23.9 Å². The Morgan fingerprint density at radius 2 is 1.70 bits per heavy atom. The lowest BCUT2D eigenvalue weighted by molar-refractivity contribution is -0.151. The predicted molar refractivity (Wildman–Crippen MR) is 111 cm³/mol. The number of para-hydroxylation sites is 1. The Morgan fingerprint density at radius 3 is 2.33 bits per heavy atom. The van der Waals surface area contributed by atoms with E-state index in [1.54, 1.807) is 17.9 Å². The number of aryl methyl sites for hydroxylation is 1. The van der Waals surface area contributed by atoms with E-state index in [-0.39, 0.29) is 24.4 Å². The van der Waals surface area contributed by atoms with Gasteiger partial charge in [-0.2, -0.15) is 0 Å². The molecule has 0 bridgehead atoms. The summed E-state index contributed by atoms with van der Waals surface area (Å²) in [7, 11) is 0. The van der Waals surface area contributed by atoms with Crippen molar-refractivity contribution in [3.05, 3.63) is 53.3 Å². The first kappa shape index (κ1) is 21.6. The van der Waals surface area contributed by atoms with E-state index in [0.717, 1.165) is 17.1 Å². The third-order valence-electron chi connectivity index (χ3n) is 5.46. The maximum absolute atomic E-state index is 12.6. The van der Waals surface area contributed by atoms with Gasteiger partial charge in [-0.1, -0.05) is 18.2 Å². The number of rotatable bonds is 6. The fourth-order valence-corrected chi connectivity index (χ4v) is 3.86. The largest absolute Gasteiger partial charge is 0.466 e. The van der Waals surface area contributed by atoms with Gasteiger partial charge in [-0.15, -0.1) is 0 Å². The Kier molecular flexibility index (Phi) is 6.92. The molecular formula is C23H28N2O5. The van der Waals surface area contributed by atoms with Crippen molar-refractivity contribution in [1.29, 1.82) is 0 Å². The van der Waals surface area contributed by atoms with Gasteiger partial charge in [0.25, 0.3) is 5.91 Å². The molecule has 1 aliphatic rings. The highest BCUT2D eigenvalue weighted by Gasteiger charge is 2.29. The quantitative estimate of drug-likeness (QED) is 0.682. The fourth-order valence-electron chi connectivity index (χ4n) is 3.86. The highest BCUT2D eigenvalue weighted by Crippen LogP contribution is 2.22. The summed E-state index contributed by atoms with van der Waals surface area (Å²) in [6.45, 7) is 6.54. The maximum Gasteiger partial charge on any atom is 0.340 e. The fraction of sp³-hybridized carbons (Fsp3) is 0.435. The topological polar surface area (TPSA) is 77.8 Å². The summed E-state index contributed by atoms with van der Waals surface area (Å²) in [4.78, 5) is 38.5. The van der Waals surface area contributed by atoms with Crippen molar-refractivity contribution in [1.82, 2.24) is 9.47 Å². The van der Waals surface area contributed by atoms with Gasteiger partial charge in [-0.25, -0.2) is 4.79 Å². The number of aromatic nitrogens is 1. The SMILES string of the molecule is CCOC(=O)C1CCN(C(=O)COC(=O)c2cc(C)n(-c3ccccc3)c2C)CC1. The van der Waals surface area contributed by atoms with Crippen molar-refractivity contribution in [2.75, 3.05) is 26.3 Å². The maximum atomic E-state index is 12.6. The third-order valence-corrected chi connectivity index (χ3v) is 5.46. The van der Waals surface area contributed by atoms with Gasteiger partial charge >= 0.3 is 11.9 Å². The molecule has 1 aliphatic heterocycles. The highest BCUT2D eigenvalue weighted by atomic mass is 16.5. The zero-order chi connectivity index (χ0) is 21.7. The minimum atomic E-state index is -0.514. The van der Waals surface area contributed by atoms with Crippen LogP contribution in [0.4, 0.5) is 0 Å². The van der Waals surface area contributed by atoms with Gasteiger partial charge in [0.1, 0.15) is 0 Å². The van der Waals surface area contributed by atoms with E-state index >= 15 is 0 Å². The van der Waals surface area contributed by atoms with Gasteiger partial charge in [0.05, 0.1) is 18.1 Å². The summed E-state index contributed by atoms with van der Waals surface area (Å²) < 4.78 is 12.3. The van der Waals surface area contributed by atoms with Crippen LogP contribution in [-0.4, -0.2) is 53.6 Å². The van der Waals surface area contributed by atoms with Crippen LogP contribution in [0.2, 0.25) is 0 Å². The Labute approximate surface area is 176 Å². The Morgan fingerprint density at radius 1 is 1.03 bits per heavy atom. The van der Waals surface area contributed by atoms with Crippen LogP contribution < -0.4 is 0 Å². The number of benzene rings is 1. The number of ether oxygens (including phenoxy) is 2. The molecule has 1 amide bonds. The van der Waals surface area contributed by atoms with E-state index in [2.05, 4.69) is 0 Å². The number of carbonyl (C=O) groups excluding carboxylic acids is 3. The van der Waals surface area contributed by atoms with Crippen LogP contribution in [0.5, 0.6) is 0 Å². The Bertz CT molecular complexity index is 911. The summed E-state index contributed by atoms with van der Waals surface area (Å²) in [5, 5.41) is 0. The smallest absolute Gasteiger partial charge is 0.340 e. The number of hydrogen-bond donors (Lipinski definition) is 0. The van der Waals surface area contributed by atoms with E-state index in [1.807, 2.05) is 48.7 Å². The summed E-state index contributed by atoms with van der Waals surface area (Å²) in [6.07, 6.45) is 1.13. The van der Waals surface area contributed by atoms with Crippen LogP contribution in [0.25, 0.3) is 5.69 Å². The number of carbonyl (C=O) groups is 3. The minimum Gasteiger partial charge on any atom is -0.466 e. The average Bonchev–Trinajstić information content (AvgIpc) is 3.06. The number of nitrogens with zero attached hydrogens (tertiary/aromatic N) is 2. The molecule has 1 saturated heterocycles. The molecule has 2 aromatic rings. The molecule has 30 heavy (non-hydrogen) atoms. The third kappa shape index (κ3) is 4.72. The van der Waals surface area contributed by atoms with Crippen LogP contribution in [-0.2, 0) is 19.1 Å². The standard InChI is InChI=1S/C23H28N2O5/c1-4-29-22(27)18-10-12-24(13-11-18)21(26)15-30-23(28)20-14-16(2)25(17(20)3)19-8-6-5-7-9-19/h5-9,14,18H,4,10-13,15H2,1-3H3. The number of likely N-dealkylation sites (tertiary alicyclic amines) is 1. The van der Waals surface area contributed by atoms with Crippen LogP contribution in [0.3, 0.4) is 0 Å². The molecule has 0 unspecified atom stereocenters. The lowest BCUT2D eigenvalue weighted by Gasteiger charge is -2.30. The second-order valence-electron chi connectivity index (χ2n) is 7.44. The molecule has 0 atom stereocenters. The molecular weight excluding hydrogens is 384 g/mol. The summed E-state index contributed by atoms with van der Waals surface area (Å²) in [6, 6.07) is 11.5. The molecule has 3 rings (SSSR count). The number of piperidine rings is 1. The van der Waals surface area contributed by atoms with Gasteiger partial charge in [-0.3, -0.25) is 9.59 Å². The van der Waals surface area contributed by atoms with Crippen molar-refractivity contribution in [2.45, 2.75) is 33.6 Å². The molecule has 2 heterocycles. The summed E-state index contributed by atoms with van der Waals surface area (Å²) in [5.41, 5.74) is 3.10. The Hall–Kier alpha value is -3.09. The zero-order valence-electron chi connectivity index (χ0n) is 17.7. The lowest BCUT2D eigenvalue weighted by atomic mass is 9.97. The van der Waals surface area contributed by atoms with E-state index < -0.39 is 5.97 Å². The first-order chi connectivity index (χ1) is 14.4. The van der Waals surface area contributed by atoms with Crippen LogP contribution in [0.15, 0.2) is 36.4 Å². The molecule has 1 fully saturated rings. The predicted octanol–water partition coefficient (Wildman–Crippen LogP) is 3.05. The van der Waals surface area contributed by atoms with E-state index in [9.17, 15) is 14.4 Å². The molecule has 1 aromatic carbocycles. The van der Waals surface area contributed by atoms with Gasteiger partial charge in [-0.05, 0) is 51.8 Å². The second-order valence-corrected chi connectivity index (χ2v) is 7.44. The van der Waals surface area contributed by atoms with Crippen molar-refractivity contribution in [3.63, 3.8) is 0 Å². The normalized spacial score (nSPS) is 14.4. The molecule has 160 valence electrons. The summed E-state index contributed by atoms with van der Waals surface area (Å²) >= 11 is 0. The molecule has 1 aromatic heterocycles.